The molecule has 1 N–H and O–H groups in total. The van der Waals surface area contributed by atoms with Gasteiger partial charge < -0.3 is 9.84 Å². The van der Waals surface area contributed by atoms with Gasteiger partial charge in [0.2, 0.25) is 0 Å². The molecule has 0 unspecified atom stereocenters. The second-order valence-corrected chi connectivity index (χ2v) is 4.53. The molecule has 0 atom stereocenters. The van der Waals surface area contributed by atoms with Gasteiger partial charge in [-0.25, -0.2) is 4.79 Å². The number of carboxylic acid groups (broad SMARTS) is 1. The summed E-state index contributed by atoms with van der Waals surface area (Å²) in [6, 6.07) is 14.1. The number of aliphatic imine (C=N–C) groups is 1. The minimum Gasteiger partial charge on any atom is -0.494 e. The number of benzene rings is 2. The van der Waals surface area contributed by atoms with Crippen molar-refractivity contribution in [1.29, 1.82) is 0 Å². The summed E-state index contributed by atoms with van der Waals surface area (Å²) in [4.78, 5) is 15.1. The Kier molecular flexibility index (Phi) is 5.10. The van der Waals surface area contributed by atoms with Gasteiger partial charge >= 0.3 is 5.97 Å². The number of aromatic carboxylic acids is 1. The first-order valence-corrected chi connectivity index (χ1v) is 6.79. The van der Waals surface area contributed by atoms with Crippen LogP contribution in [0.5, 0.6) is 5.75 Å². The van der Waals surface area contributed by atoms with Crippen molar-refractivity contribution in [2.24, 2.45) is 4.99 Å². The smallest absolute Gasteiger partial charge is 0.335 e. The predicted molar refractivity (Wildman–Crippen MR) is 82.9 cm³/mol. The van der Waals surface area contributed by atoms with Crippen LogP contribution in [0.3, 0.4) is 0 Å². The van der Waals surface area contributed by atoms with Crippen LogP contribution < -0.4 is 4.74 Å². The van der Waals surface area contributed by atoms with Gasteiger partial charge in [-0.1, -0.05) is 6.92 Å². The first kappa shape index (κ1) is 14.8. The number of ether oxygens (including phenoxy) is 1. The van der Waals surface area contributed by atoms with Gasteiger partial charge in [-0.15, -0.1) is 0 Å². The topological polar surface area (TPSA) is 58.9 Å². The van der Waals surface area contributed by atoms with Gasteiger partial charge in [0.1, 0.15) is 5.75 Å². The molecule has 4 heteroatoms. The molecule has 0 radical (unpaired) electrons. The molecule has 0 aromatic heterocycles. The summed E-state index contributed by atoms with van der Waals surface area (Å²) in [5, 5.41) is 8.82. The summed E-state index contributed by atoms with van der Waals surface area (Å²) >= 11 is 0. The lowest BCUT2D eigenvalue weighted by Crippen LogP contribution is -1.94. The maximum absolute atomic E-state index is 10.7. The lowest BCUT2D eigenvalue weighted by atomic mass is 10.2. The summed E-state index contributed by atoms with van der Waals surface area (Å²) in [5.74, 6) is -0.0898. The number of carboxylic acids is 1. The zero-order valence-corrected chi connectivity index (χ0v) is 11.8. The number of hydrogen-bond acceptors (Lipinski definition) is 3. The van der Waals surface area contributed by atoms with Crippen molar-refractivity contribution in [3.8, 4) is 5.75 Å². The standard InChI is InChI=1S/C17H17NO3/c1-2-11-21-16-9-3-13(4-10-16)12-18-15-7-5-14(6-8-15)17(19)20/h3-10,12H,2,11H2,1H3,(H,19,20)/b18-12+. The summed E-state index contributed by atoms with van der Waals surface area (Å²) in [7, 11) is 0. The highest BCUT2D eigenvalue weighted by Crippen LogP contribution is 2.15. The van der Waals surface area contributed by atoms with Gasteiger partial charge in [-0.05, 0) is 60.5 Å². The number of hydrogen-bond donors (Lipinski definition) is 1. The van der Waals surface area contributed by atoms with Crippen LogP contribution in [0.1, 0.15) is 29.3 Å². The second-order valence-electron chi connectivity index (χ2n) is 4.53. The van der Waals surface area contributed by atoms with Crippen LogP contribution in [0.2, 0.25) is 0 Å². The fourth-order valence-electron chi connectivity index (χ4n) is 1.71. The van der Waals surface area contributed by atoms with Crippen LogP contribution in [-0.4, -0.2) is 23.9 Å². The maximum atomic E-state index is 10.7. The van der Waals surface area contributed by atoms with Crippen molar-refractivity contribution in [2.75, 3.05) is 6.61 Å². The van der Waals surface area contributed by atoms with E-state index in [1.54, 1.807) is 18.3 Å². The quantitative estimate of drug-likeness (QED) is 0.817. The third-order valence-corrected chi connectivity index (χ3v) is 2.83. The zero-order chi connectivity index (χ0) is 15.1. The normalized spacial score (nSPS) is 10.7. The summed E-state index contributed by atoms with van der Waals surface area (Å²) in [6.07, 6.45) is 2.72. The van der Waals surface area contributed by atoms with Crippen molar-refractivity contribution >= 4 is 17.9 Å². The van der Waals surface area contributed by atoms with Gasteiger partial charge in [-0.3, -0.25) is 4.99 Å². The van der Waals surface area contributed by atoms with E-state index < -0.39 is 5.97 Å². The molecule has 0 spiro atoms. The van der Waals surface area contributed by atoms with E-state index in [0.29, 0.717) is 12.3 Å². The highest BCUT2D eigenvalue weighted by atomic mass is 16.5. The van der Waals surface area contributed by atoms with Crippen molar-refractivity contribution in [2.45, 2.75) is 13.3 Å². The molecule has 0 saturated carbocycles. The Morgan fingerprint density at radius 2 is 1.81 bits per heavy atom. The monoisotopic (exact) mass is 283 g/mol. The highest BCUT2D eigenvalue weighted by molar-refractivity contribution is 5.88. The fourth-order valence-corrected chi connectivity index (χ4v) is 1.71. The van der Waals surface area contributed by atoms with Crippen LogP contribution >= 0.6 is 0 Å². The lowest BCUT2D eigenvalue weighted by molar-refractivity contribution is 0.0697. The molecule has 108 valence electrons. The first-order valence-electron chi connectivity index (χ1n) is 6.79. The van der Waals surface area contributed by atoms with Gasteiger partial charge in [0.15, 0.2) is 0 Å². The average Bonchev–Trinajstić information content (AvgIpc) is 2.52. The van der Waals surface area contributed by atoms with Gasteiger partial charge in [-0.2, -0.15) is 0 Å². The van der Waals surface area contributed by atoms with E-state index in [-0.39, 0.29) is 5.56 Å². The van der Waals surface area contributed by atoms with Crippen molar-refractivity contribution in [1.82, 2.24) is 0 Å². The van der Waals surface area contributed by atoms with Crippen LogP contribution in [0.15, 0.2) is 53.5 Å². The molecule has 21 heavy (non-hydrogen) atoms. The molecule has 0 fully saturated rings. The van der Waals surface area contributed by atoms with Crippen LogP contribution in [0.25, 0.3) is 0 Å². The molecule has 2 aromatic carbocycles. The third kappa shape index (κ3) is 4.45. The fraction of sp³-hybridized carbons (Fsp3) is 0.176. The van der Waals surface area contributed by atoms with Gasteiger partial charge in [0.25, 0.3) is 0 Å². The minimum absolute atomic E-state index is 0.256. The Hall–Kier alpha value is -2.62. The molecular weight excluding hydrogens is 266 g/mol. The SMILES string of the molecule is CCCOc1ccc(/C=N/c2ccc(C(=O)O)cc2)cc1. The Morgan fingerprint density at radius 1 is 1.14 bits per heavy atom. The highest BCUT2D eigenvalue weighted by Gasteiger charge is 2.00. The summed E-state index contributed by atoms with van der Waals surface area (Å²) in [6.45, 7) is 2.78. The van der Waals surface area contributed by atoms with E-state index in [9.17, 15) is 4.79 Å². The largest absolute Gasteiger partial charge is 0.494 e. The average molecular weight is 283 g/mol. The van der Waals surface area contributed by atoms with E-state index in [0.717, 1.165) is 17.7 Å². The van der Waals surface area contributed by atoms with Crippen LogP contribution in [0, 0.1) is 0 Å². The molecule has 0 aliphatic rings. The zero-order valence-electron chi connectivity index (χ0n) is 11.8. The molecule has 0 aliphatic carbocycles. The molecule has 0 bridgehead atoms. The number of carbonyl (C=O) groups is 1. The van der Waals surface area contributed by atoms with E-state index >= 15 is 0 Å². The summed E-state index contributed by atoms with van der Waals surface area (Å²) < 4.78 is 5.51. The molecule has 0 heterocycles. The van der Waals surface area contributed by atoms with E-state index in [1.165, 1.54) is 12.1 Å². The Balaban J connectivity index is 2.01. The third-order valence-electron chi connectivity index (χ3n) is 2.83. The van der Waals surface area contributed by atoms with Gasteiger partial charge in [0.05, 0.1) is 17.9 Å². The molecular formula is C17H17NO3. The van der Waals surface area contributed by atoms with Crippen molar-refractivity contribution < 1.29 is 14.6 Å². The molecule has 2 rings (SSSR count). The minimum atomic E-state index is -0.937. The molecule has 2 aromatic rings. The van der Waals surface area contributed by atoms with E-state index in [2.05, 4.69) is 11.9 Å². The Bertz CT molecular complexity index is 615. The van der Waals surface area contributed by atoms with E-state index in [1.807, 2.05) is 24.3 Å². The first-order chi connectivity index (χ1) is 10.2. The molecule has 0 saturated heterocycles. The second kappa shape index (κ2) is 7.24. The van der Waals surface area contributed by atoms with E-state index in [4.69, 9.17) is 9.84 Å². The molecule has 0 amide bonds. The van der Waals surface area contributed by atoms with Crippen molar-refractivity contribution in [3.05, 3.63) is 59.7 Å². The number of nitrogens with zero attached hydrogens (tertiary/aromatic N) is 1. The van der Waals surface area contributed by atoms with Crippen LogP contribution in [-0.2, 0) is 0 Å². The van der Waals surface area contributed by atoms with Crippen LogP contribution in [0.4, 0.5) is 5.69 Å². The number of rotatable bonds is 6. The predicted octanol–water partition coefficient (Wildman–Crippen LogP) is 3.92. The van der Waals surface area contributed by atoms with Gasteiger partial charge in [0, 0.05) is 6.21 Å². The molecule has 0 aliphatic heterocycles. The maximum Gasteiger partial charge on any atom is 0.335 e. The Labute approximate surface area is 123 Å². The van der Waals surface area contributed by atoms with Crippen molar-refractivity contribution in [3.63, 3.8) is 0 Å². The Morgan fingerprint density at radius 3 is 2.38 bits per heavy atom. The lowest BCUT2D eigenvalue weighted by Gasteiger charge is -2.03. The molecule has 4 nitrogen and oxygen atoms in total. The summed E-state index contributed by atoms with van der Waals surface area (Å²) in [5.41, 5.74) is 1.93.